The third kappa shape index (κ3) is 3.91. The molecule has 1 aliphatic rings. The first-order valence-electron chi connectivity index (χ1n) is 7.92. The number of benzene rings is 1. The predicted octanol–water partition coefficient (Wildman–Crippen LogP) is 4.52. The largest absolute Gasteiger partial charge is 0.355 e. The van der Waals surface area contributed by atoms with Gasteiger partial charge in [0.05, 0.1) is 0 Å². The number of aryl methyl sites for hydroxylation is 1. The Labute approximate surface area is 145 Å². The van der Waals surface area contributed by atoms with E-state index in [1.807, 2.05) is 35.2 Å². The van der Waals surface area contributed by atoms with Crippen LogP contribution in [0.15, 0.2) is 41.0 Å². The van der Waals surface area contributed by atoms with E-state index in [4.69, 9.17) is 0 Å². The van der Waals surface area contributed by atoms with Gasteiger partial charge in [0.1, 0.15) is 5.69 Å². The van der Waals surface area contributed by atoms with Crippen molar-refractivity contribution >= 4 is 33.2 Å². The van der Waals surface area contributed by atoms with Crippen LogP contribution >= 0.6 is 15.9 Å². The molecule has 1 aliphatic heterocycles. The van der Waals surface area contributed by atoms with Crippen molar-refractivity contribution in [3.8, 4) is 0 Å². The second kappa shape index (κ2) is 7.13. The smallest absolute Gasteiger partial charge is 0.272 e. The summed E-state index contributed by atoms with van der Waals surface area (Å²) in [7, 11) is 0. The molecule has 1 aromatic heterocycles. The number of piperidine rings is 1. The number of rotatable bonds is 3. The van der Waals surface area contributed by atoms with Crippen LogP contribution in [0.5, 0.6) is 0 Å². The maximum absolute atomic E-state index is 12.5. The summed E-state index contributed by atoms with van der Waals surface area (Å²) in [4.78, 5) is 18.7. The van der Waals surface area contributed by atoms with E-state index in [0.29, 0.717) is 5.69 Å². The molecular formula is C18H20BrN3O. The van der Waals surface area contributed by atoms with Crippen molar-refractivity contribution in [1.29, 1.82) is 0 Å². The third-order valence-electron chi connectivity index (χ3n) is 4.08. The summed E-state index contributed by atoms with van der Waals surface area (Å²) in [6, 6.07) is 9.80. The van der Waals surface area contributed by atoms with Gasteiger partial charge >= 0.3 is 0 Å². The zero-order valence-corrected chi connectivity index (χ0v) is 14.8. The van der Waals surface area contributed by atoms with Crippen molar-refractivity contribution in [2.45, 2.75) is 26.2 Å². The molecule has 1 aromatic carbocycles. The number of anilines is 2. The van der Waals surface area contributed by atoms with E-state index in [-0.39, 0.29) is 5.91 Å². The summed E-state index contributed by atoms with van der Waals surface area (Å²) in [6.45, 7) is 3.72. The fourth-order valence-corrected chi connectivity index (χ4v) is 3.10. The van der Waals surface area contributed by atoms with Crippen molar-refractivity contribution in [2.75, 3.05) is 18.4 Å². The fourth-order valence-electron chi connectivity index (χ4n) is 2.72. The molecule has 1 saturated heterocycles. The molecule has 1 amide bonds. The number of halogens is 1. The molecule has 0 radical (unpaired) electrons. The first-order valence-corrected chi connectivity index (χ1v) is 8.71. The number of amides is 1. The minimum Gasteiger partial charge on any atom is -0.355 e. The van der Waals surface area contributed by atoms with Crippen molar-refractivity contribution in [2.24, 2.45) is 0 Å². The second-order valence-corrected chi connectivity index (χ2v) is 6.73. The van der Waals surface area contributed by atoms with Crippen molar-refractivity contribution in [3.63, 3.8) is 0 Å². The molecule has 1 N–H and O–H groups in total. The van der Waals surface area contributed by atoms with Crippen LogP contribution in [0.1, 0.15) is 35.3 Å². The van der Waals surface area contributed by atoms with E-state index in [0.717, 1.165) is 41.8 Å². The van der Waals surface area contributed by atoms with Gasteiger partial charge in [-0.3, -0.25) is 9.78 Å². The van der Waals surface area contributed by atoms with Gasteiger partial charge in [-0.05, 0) is 56.0 Å². The normalized spacial score (nSPS) is 14.6. The number of likely N-dealkylation sites (tertiary alicyclic amines) is 1. The van der Waals surface area contributed by atoms with E-state index >= 15 is 0 Å². The van der Waals surface area contributed by atoms with Crippen molar-refractivity contribution in [3.05, 3.63) is 52.3 Å². The van der Waals surface area contributed by atoms with Gasteiger partial charge in [-0.1, -0.05) is 22.0 Å². The predicted molar refractivity (Wildman–Crippen MR) is 96.2 cm³/mol. The highest BCUT2D eigenvalue weighted by molar-refractivity contribution is 9.10. The first kappa shape index (κ1) is 16.0. The second-order valence-electron chi connectivity index (χ2n) is 5.87. The molecule has 120 valence electrons. The lowest BCUT2D eigenvalue weighted by Gasteiger charge is -2.26. The maximum Gasteiger partial charge on any atom is 0.272 e. The molecule has 0 spiro atoms. The number of hydrogen-bond donors (Lipinski definition) is 1. The van der Waals surface area contributed by atoms with Crippen LogP contribution in [-0.4, -0.2) is 28.9 Å². The molecule has 5 heteroatoms. The molecule has 2 heterocycles. The Hall–Kier alpha value is -1.88. The van der Waals surface area contributed by atoms with Crippen molar-refractivity contribution in [1.82, 2.24) is 9.88 Å². The molecular weight excluding hydrogens is 354 g/mol. The van der Waals surface area contributed by atoms with Gasteiger partial charge in [-0.25, -0.2) is 0 Å². The zero-order valence-electron chi connectivity index (χ0n) is 13.2. The molecule has 3 rings (SSSR count). The Morgan fingerprint density at radius 1 is 1.13 bits per heavy atom. The Morgan fingerprint density at radius 2 is 1.87 bits per heavy atom. The van der Waals surface area contributed by atoms with Gasteiger partial charge in [0.25, 0.3) is 5.91 Å². The average molecular weight is 374 g/mol. The summed E-state index contributed by atoms with van der Waals surface area (Å²) in [6.07, 6.45) is 5.06. The fraction of sp³-hybridized carbons (Fsp3) is 0.333. The summed E-state index contributed by atoms with van der Waals surface area (Å²) in [5.74, 6) is 0.0263. The van der Waals surface area contributed by atoms with Gasteiger partial charge < -0.3 is 10.2 Å². The van der Waals surface area contributed by atoms with Crippen LogP contribution in [0.4, 0.5) is 11.4 Å². The number of carbonyl (C=O) groups excluding carboxylic acids is 1. The van der Waals surface area contributed by atoms with Crippen LogP contribution < -0.4 is 5.32 Å². The highest BCUT2D eigenvalue weighted by Crippen LogP contribution is 2.24. The standard InChI is InChI=1S/C18H20BrN3O/c1-13-5-6-14(11-16(13)19)21-15-7-8-20-17(12-15)18(23)22-9-3-2-4-10-22/h5-8,11-12H,2-4,9-10H2,1H3,(H,20,21). The van der Waals surface area contributed by atoms with Crippen LogP contribution in [-0.2, 0) is 0 Å². The Bertz CT molecular complexity index is 711. The summed E-state index contributed by atoms with van der Waals surface area (Å²) < 4.78 is 1.06. The lowest BCUT2D eigenvalue weighted by atomic mass is 10.1. The molecule has 0 saturated carbocycles. The van der Waals surface area contributed by atoms with E-state index in [1.165, 1.54) is 12.0 Å². The van der Waals surface area contributed by atoms with Crippen LogP contribution in [0.2, 0.25) is 0 Å². The molecule has 0 bridgehead atoms. The number of hydrogen-bond acceptors (Lipinski definition) is 3. The van der Waals surface area contributed by atoms with Crippen LogP contribution in [0, 0.1) is 6.92 Å². The molecule has 0 unspecified atom stereocenters. The van der Waals surface area contributed by atoms with Gasteiger partial charge in [-0.15, -0.1) is 0 Å². The number of nitrogens with one attached hydrogen (secondary N) is 1. The molecule has 4 nitrogen and oxygen atoms in total. The van der Waals surface area contributed by atoms with Crippen LogP contribution in [0.3, 0.4) is 0 Å². The summed E-state index contributed by atoms with van der Waals surface area (Å²) >= 11 is 3.54. The lowest BCUT2D eigenvalue weighted by molar-refractivity contribution is 0.0718. The first-order chi connectivity index (χ1) is 11.1. The monoisotopic (exact) mass is 373 g/mol. The Kier molecular flexibility index (Phi) is 4.96. The third-order valence-corrected chi connectivity index (χ3v) is 4.94. The molecule has 2 aromatic rings. The number of carbonyl (C=O) groups is 1. The molecule has 23 heavy (non-hydrogen) atoms. The van der Waals surface area contributed by atoms with Gasteiger partial charge in [-0.2, -0.15) is 0 Å². The highest BCUT2D eigenvalue weighted by atomic mass is 79.9. The van der Waals surface area contributed by atoms with Gasteiger partial charge in [0.15, 0.2) is 0 Å². The van der Waals surface area contributed by atoms with Gasteiger partial charge in [0, 0.05) is 35.1 Å². The maximum atomic E-state index is 12.5. The minimum absolute atomic E-state index is 0.0263. The highest BCUT2D eigenvalue weighted by Gasteiger charge is 2.19. The SMILES string of the molecule is Cc1ccc(Nc2ccnc(C(=O)N3CCCCC3)c2)cc1Br. The van der Waals surface area contributed by atoms with E-state index in [9.17, 15) is 4.79 Å². The quantitative estimate of drug-likeness (QED) is 0.859. The van der Waals surface area contributed by atoms with E-state index in [2.05, 4.69) is 33.2 Å². The van der Waals surface area contributed by atoms with E-state index in [1.54, 1.807) is 6.20 Å². The van der Waals surface area contributed by atoms with E-state index < -0.39 is 0 Å². The number of aromatic nitrogens is 1. The summed E-state index contributed by atoms with van der Waals surface area (Å²) in [5, 5.41) is 3.33. The number of pyridine rings is 1. The Balaban J connectivity index is 1.76. The average Bonchev–Trinajstić information content (AvgIpc) is 2.58. The summed E-state index contributed by atoms with van der Waals surface area (Å²) in [5.41, 5.74) is 3.54. The number of nitrogens with zero attached hydrogens (tertiary/aromatic N) is 2. The Morgan fingerprint density at radius 3 is 2.61 bits per heavy atom. The van der Waals surface area contributed by atoms with Crippen LogP contribution in [0.25, 0.3) is 0 Å². The molecule has 1 fully saturated rings. The molecule has 0 aliphatic carbocycles. The van der Waals surface area contributed by atoms with Gasteiger partial charge in [0.2, 0.25) is 0 Å². The molecule has 0 atom stereocenters. The van der Waals surface area contributed by atoms with Crippen molar-refractivity contribution < 1.29 is 4.79 Å². The minimum atomic E-state index is 0.0263. The lowest BCUT2D eigenvalue weighted by Crippen LogP contribution is -2.36. The zero-order chi connectivity index (χ0) is 16.2. The topological polar surface area (TPSA) is 45.2 Å².